The number of amides is 1. The van der Waals surface area contributed by atoms with Gasteiger partial charge in [-0.1, -0.05) is 46.3 Å². The van der Waals surface area contributed by atoms with Gasteiger partial charge >= 0.3 is 0 Å². The molecule has 0 bridgehead atoms. The van der Waals surface area contributed by atoms with E-state index in [-0.39, 0.29) is 11.9 Å². The van der Waals surface area contributed by atoms with Gasteiger partial charge in [0.1, 0.15) is 0 Å². The summed E-state index contributed by atoms with van der Waals surface area (Å²) in [6.45, 7) is 2.03. The maximum atomic E-state index is 12.4. The summed E-state index contributed by atoms with van der Waals surface area (Å²) in [6.07, 6.45) is 0. The number of halogens is 1. The van der Waals surface area contributed by atoms with E-state index in [2.05, 4.69) is 15.9 Å². The first-order chi connectivity index (χ1) is 9.09. The van der Waals surface area contributed by atoms with E-state index in [0.29, 0.717) is 5.56 Å². The molecule has 2 aromatic carbocycles. The van der Waals surface area contributed by atoms with E-state index in [1.807, 2.05) is 68.6 Å². The van der Waals surface area contributed by atoms with Crippen molar-refractivity contribution in [1.82, 2.24) is 4.90 Å². The second kappa shape index (κ2) is 6.02. The molecule has 0 aliphatic rings. The molecule has 1 atom stereocenters. The summed E-state index contributed by atoms with van der Waals surface area (Å²) in [5.74, 6) is 0.0313. The molecule has 0 spiro atoms. The fourth-order valence-electron chi connectivity index (χ4n) is 1.93. The highest BCUT2D eigenvalue weighted by molar-refractivity contribution is 9.10. The van der Waals surface area contributed by atoms with Gasteiger partial charge in [0.05, 0.1) is 6.04 Å². The Bertz CT molecular complexity index is 551. The van der Waals surface area contributed by atoms with E-state index in [0.717, 1.165) is 10.0 Å². The van der Waals surface area contributed by atoms with Gasteiger partial charge in [-0.2, -0.15) is 0 Å². The second-order valence-corrected chi connectivity index (χ2v) is 5.43. The molecule has 0 radical (unpaired) electrons. The molecule has 3 heteroatoms. The van der Waals surface area contributed by atoms with Gasteiger partial charge in [-0.3, -0.25) is 4.79 Å². The van der Waals surface area contributed by atoms with Crippen LogP contribution in [0.1, 0.15) is 28.9 Å². The first kappa shape index (κ1) is 13.8. The van der Waals surface area contributed by atoms with Crippen molar-refractivity contribution < 1.29 is 4.79 Å². The fraction of sp³-hybridized carbons (Fsp3) is 0.188. The van der Waals surface area contributed by atoms with Crippen molar-refractivity contribution in [2.75, 3.05) is 7.05 Å². The Kier molecular flexibility index (Phi) is 4.38. The quantitative estimate of drug-likeness (QED) is 0.827. The maximum Gasteiger partial charge on any atom is 0.254 e. The van der Waals surface area contributed by atoms with Crippen LogP contribution < -0.4 is 0 Å². The molecular weight excluding hydrogens is 302 g/mol. The predicted octanol–water partition coefficient (Wildman–Crippen LogP) is 4.28. The topological polar surface area (TPSA) is 20.3 Å². The van der Waals surface area contributed by atoms with Crippen molar-refractivity contribution in [3.05, 3.63) is 70.2 Å². The van der Waals surface area contributed by atoms with Crippen LogP contribution in [0.2, 0.25) is 0 Å². The van der Waals surface area contributed by atoms with Crippen LogP contribution in [-0.2, 0) is 0 Å². The van der Waals surface area contributed by atoms with Crippen molar-refractivity contribution in [3.63, 3.8) is 0 Å². The highest BCUT2D eigenvalue weighted by atomic mass is 79.9. The van der Waals surface area contributed by atoms with Gasteiger partial charge in [-0.15, -0.1) is 0 Å². The van der Waals surface area contributed by atoms with E-state index < -0.39 is 0 Å². The zero-order valence-electron chi connectivity index (χ0n) is 11.0. The first-order valence-electron chi connectivity index (χ1n) is 6.17. The highest BCUT2D eigenvalue weighted by Gasteiger charge is 2.18. The van der Waals surface area contributed by atoms with Crippen LogP contribution in [0.3, 0.4) is 0 Å². The lowest BCUT2D eigenvalue weighted by Gasteiger charge is -2.25. The van der Waals surface area contributed by atoms with Crippen molar-refractivity contribution in [2.24, 2.45) is 0 Å². The van der Waals surface area contributed by atoms with Crippen LogP contribution in [0.25, 0.3) is 0 Å². The highest BCUT2D eigenvalue weighted by Crippen LogP contribution is 2.21. The van der Waals surface area contributed by atoms with Crippen molar-refractivity contribution in [3.8, 4) is 0 Å². The molecule has 0 saturated carbocycles. The summed E-state index contributed by atoms with van der Waals surface area (Å²) in [7, 11) is 1.84. The number of carbonyl (C=O) groups is 1. The normalized spacial score (nSPS) is 11.9. The molecule has 1 amide bonds. The van der Waals surface area contributed by atoms with Crippen molar-refractivity contribution in [2.45, 2.75) is 13.0 Å². The Hall–Kier alpha value is -1.61. The van der Waals surface area contributed by atoms with Crippen molar-refractivity contribution in [1.29, 1.82) is 0 Å². The predicted molar refractivity (Wildman–Crippen MR) is 81.1 cm³/mol. The average Bonchev–Trinajstić information content (AvgIpc) is 2.46. The number of hydrogen-bond donors (Lipinski definition) is 0. The Balaban J connectivity index is 2.17. The summed E-state index contributed by atoms with van der Waals surface area (Å²) < 4.78 is 0.975. The number of nitrogens with zero attached hydrogens (tertiary/aromatic N) is 1. The minimum Gasteiger partial charge on any atom is -0.335 e. The molecule has 0 aliphatic carbocycles. The van der Waals surface area contributed by atoms with E-state index >= 15 is 0 Å². The molecule has 98 valence electrons. The third kappa shape index (κ3) is 3.24. The summed E-state index contributed by atoms with van der Waals surface area (Å²) in [6, 6.07) is 17.5. The zero-order chi connectivity index (χ0) is 13.8. The van der Waals surface area contributed by atoms with Crippen LogP contribution >= 0.6 is 15.9 Å². The molecule has 19 heavy (non-hydrogen) atoms. The van der Waals surface area contributed by atoms with E-state index in [1.165, 1.54) is 0 Å². The molecular formula is C16H16BrNO. The molecule has 0 N–H and O–H groups in total. The Morgan fingerprint density at radius 1 is 1.05 bits per heavy atom. The van der Waals surface area contributed by atoms with Crippen LogP contribution in [0.5, 0.6) is 0 Å². The van der Waals surface area contributed by atoms with Gasteiger partial charge in [0.2, 0.25) is 0 Å². The molecule has 0 aliphatic heterocycles. The second-order valence-electron chi connectivity index (χ2n) is 4.51. The molecule has 2 rings (SSSR count). The number of hydrogen-bond acceptors (Lipinski definition) is 1. The lowest BCUT2D eigenvalue weighted by Crippen LogP contribution is -2.29. The van der Waals surface area contributed by atoms with Gasteiger partial charge in [-0.05, 0) is 36.8 Å². The lowest BCUT2D eigenvalue weighted by molar-refractivity contribution is 0.0742. The fourth-order valence-corrected chi connectivity index (χ4v) is 2.19. The van der Waals surface area contributed by atoms with Crippen molar-refractivity contribution >= 4 is 21.8 Å². The summed E-state index contributed by atoms with van der Waals surface area (Å²) in [5.41, 5.74) is 1.84. The molecule has 0 fully saturated rings. The zero-order valence-corrected chi connectivity index (χ0v) is 12.6. The smallest absolute Gasteiger partial charge is 0.254 e. The molecule has 1 unspecified atom stereocenters. The first-order valence-corrected chi connectivity index (χ1v) is 6.96. The standard InChI is InChI=1S/C16H16BrNO/c1-12(13-6-4-3-5-7-13)18(2)16(19)14-8-10-15(17)11-9-14/h3-12H,1-2H3. The van der Waals surface area contributed by atoms with E-state index in [1.54, 1.807) is 4.90 Å². The minimum atomic E-state index is 0.0313. The Morgan fingerprint density at radius 3 is 2.21 bits per heavy atom. The van der Waals surface area contributed by atoms with Crippen LogP contribution in [0.4, 0.5) is 0 Å². The van der Waals surface area contributed by atoms with Gasteiger partial charge < -0.3 is 4.90 Å². The van der Waals surface area contributed by atoms with Gasteiger partial charge in [0.25, 0.3) is 5.91 Å². The average molecular weight is 318 g/mol. The minimum absolute atomic E-state index is 0.0313. The number of rotatable bonds is 3. The monoisotopic (exact) mass is 317 g/mol. The van der Waals surface area contributed by atoms with E-state index in [9.17, 15) is 4.79 Å². The third-order valence-electron chi connectivity index (χ3n) is 3.27. The largest absolute Gasteiger partial charge is 0.335 e. The van der Waals surface area contributed by atoms with Gasteiger partial charge in [0.15, 0.2) is 0 Å². The summed E-state index contributed by atoms with van der Waals surface area (Å²) in [5, 5.41) is 0. The van der Waals surface area contributed by atoms with Gasteiger partial charge in [-0.25, -0.2) is 0 Å². The SMILES string of the molecule is CC(c1ccccc1)N(C)C(=O)c1ccc(Br)cc1. The van der Waals surface area contributed by atoms with Gasteiger partial charge in [0, 0.05) is 17.1 Å². The van der Waals surface area contributed by atoms with Crippen LogP contribution in [0.15, 0.2) is 59.1 Å². The maximum absolute atomic E-state index is 12.4. The summed E-state index contributed by atoms with van der Waals surface area (Å²) >= 11 is 3.37. The molecule has 0 heterocycles. The molecule has 2 nitrogen and oxygen atoms in total. The lowest BCUT2D eigenvalue weighted by atomic mass is 10.1. The van der Waals surface area contributed by atoms with Crippen LogP contribution in [0, 0.1) is 0 Å². The molecule has 2 aromatic rings. The number of benzene rings is 2. The Labute approximate surface area is 122 Å². The molecule has 0 saturated heterocycles. The number of carbonyl (C=O) groups excluding carboxylic acids is 1. The third-order valence-corrected chi connectivity index (χ3v) is 3.80. The Morgan fingerprint density at radius 2 is 1.63 bits per heavy atom. The molecule has 0 aromatic heterocycles. The van der Waals surface area contributed by atoms with E-state index in [4.69, 9.17) is 0 Å². The van der Waals surface area contributed by atoms with Crippen LogP contribution in [-0.4, -0.2) is 17.9 Å². The summed E-state index contributed by atoms with van der Waals surface area (Å²) in [4.78, 5) is 14.1.